The van der Waals surface area contributed by atoms with Gasteiger partial charge in [0.25, 0.3) is 6.71 Å². The highest BCUT2D eigenvalue weighted by molar-refractivity contribution is 6.98. The van der Waals surface area contributed by atoms with Crippen LogP contribution in [0.25, 0.3) is 33.0 Å². The third-order valence-corrected chi connectivity index (χ3v) is 11.5. The van der Waals surface area contributed by atoms with E-state index in [4.69, 9.17) is 9.47 Å². The molecule has 0 radical (unpaired) electrons. The molecule has 0 atom stereocenters. The molecule has 3 nitrogen and oxygen atoms in total. The number of hydrogen-bond donors (Lipinski definition) is 0. The monoisotopic (exact) mass is 679 g/mol. The van der Waals surface area contributed by atoms with Gasteiger partial charge in [-0.05, 0) is 104 Å². The number of nitrogens with zero attached hydrogens (tertiary/aromatic N) is 1. The Bertz CT molecular complexity index is 2720. The zero-order valence-electron chi connectivity index (χ0n) is 29.5. The molecule has 0 fully saturated rings. The number of ether oxygens (including phenoxy) is 2. The Morgan fingerprint density at radius 2 is 1.06 bits per heavy atom. The summed E-state index contributed by atoms with van der Waals surface area (Å²) in [5, 5.41) is 2.45. The molecule has 250 valence electrons. The van der Waals surface area contributed by atoms with Gasteiger partial charge >= 0.3 is 0 Å². The quantitative estimate of drug-likeness (QED) is 0.173. The highest BCUT2D eigenvalue weighted by Gasteiger charge is 2.44. The van der Waals surface area contributed by atoms with E-state index in [0.29, 0.717) is 0 Å². The molecule has 1 aliphatic carbocycles. The molecule has 11 rings (SSSR count). The van der Waals surface area contributed by atoms with E-state index in [1.165, 1.54) is 49.6 Å². The zero-order chi connectivity index (χ0) is 35.3. The summed E-state index contributed by atoms with van der Waals surface area (Å²) in [4.78, 5) is 2.40. The molecular formula is C49H34BNO2. The van der Waals surface area contributed by atoms with E-state index < -0.39 is 0 Å². The van der Waals surface area contributed by atoms with Gasteiger partial charge in [-0.25, -0.2) is 0 Å². The summed E-state index contributed by atoms with van der Waals surface area (Å²) in [7, 11) is 0. The van der Waals surface area contributed by atoms with Crippen LogP contribution in [0.5, 0.6) is 23.0 Å². The van der Waals surface area contributed by atoms with Crippen LogP contribution >= 0.6 is 0 Å². The molecule has 0 saturated carbocycles. The van der Waals surface area contributed by atoms with Crippen molar-refractivity contribution in [2.45, 2.75) is 19.3 Å². The lowest BCUT2D eigenvalue weighted by atomic mass is 9.34. The van der Waals surface area contributed by atoms with Crippen LogP contribution in [0, 0.1) is 0 Å². The van der Waals surface area contributed by atoms with Crippen molar-refractivity contribution in [2.75, 3.05) is 4.90 Å². The van der Waals surface area contributed by atoms with Crippen molar-refractivity contribution in [3.63, 3.8) is 0 Å². The van der Waals surface area contributed by atoms with Crippen molar-refractivity contribution in [3.05, 3.63) is 181 Å². The molecule has 0 amide bonds. The topological polar surface area (TPSA) is 21.7 Å². The van der Waals surface area contributed by atoms with Gasteiger partial charge in [-0.3, -0.25) is 0 Å². The molecule has 2 aliphatic heterocycles. The number of para-hydroxylation sites is 3. The van der Waals surface area contributed by atoms with E-state index in [9.17, 15) is 0 Å². The fraction of sp³-hybridized carbons (Fsp3) is 0.0612. The first-order valence-corrected chi connectivity index (χ1v) is 18.4. The molecule has 8 aromatic carbocycles. The lowest BCUT2D eigenvalue weighted by Crippen LogP contribution is -2.57. The standard InChI is InChI=1S/C49H34BNO2/c1-49(2)38-29-41-44(53-46-27-32(31-16-6-3-7-17-31)26-45-48(46)50(41)40-24-14-15-25-43(40)52-45)28-37(38)47-36-23-13-12-22-35(36)42(30-39(47)49)51(33-18-8-4-9-19-33)34-20-10-5-11-21-34/h3-30H,1-2H3. The Morgan fingerprint density at radius 3 is 1.75 bits per heavy atom. The van der Waals surface area contributed by atoms with E-state index >= 15 is 0 Å². The highest BCUT2D eigenvalue weighted by Crippen LogP contribution is 2.55. The van der Waals surface area contributed by atoms with Gasteiger partial charge < -0.3 is 14.4 Å². The van der Waals surface area contributed by atoms with Gasteiger partial charge in [0.05, 0.1) is 5.69 Å². The van der Waals surface area contributed by atoms with E-state index in [1.54, 1.807) is 0 Å². The first kappa shape index (κ1) is 30.1. The minimum Gasteiger partial charge on any atom is -0.458 e. The van der Waals surface area contributed by atoms with Crippen LogP contribution in [0.4, 0.5) is 17.1 Å². The van der Waals surface area contributed by atoms with Crippen molar-refractivity contribution < 1.29 is 9.47 Å². The third-order valence-electron chi connectivity index (χ3n) is 11.5. The molecular weight excluding hydrogens is 645 g/mol. The van der Waals surface area contributed by atoms with Crippen molar-refractivity contribution in [3.8, 4) is 45.3 Å². The molecule has 0 saturated heterocycles. The first-order chi connectivity index (χ1) is 26.0. The van der Waals surface area contributed by atoms with E-state index in [2.05, 4.69) is 189 Å². The summed E-state index contributed by atoms with van der Waals surface area (Å²) in [6.45, 7) is 4.75. The Kier molecular flexibility index (Phi) is 6.39. The van der Waals surface area contributed by atoms with Gasteiger partial charge in [-0.2, -0.15) is 0 Å². The van der Waals surface area contributed by atoms with Crippen LogP contribution in [0.1, 0.15) is 25.0 Å². The molecule has 53 heavy (non-hydrogen) atoms. The molecule has 4 heteroatoms. The Labute approximate surface area is 309 Å². The summed E-state index contributed by atoms with van der Waals surface area (Å²) >= 11 is 0. The largest absolute Gasteiger partial charge is 0.458 e. The highest BCUT2D eigenvalue weighted by atomic mass is 16.5. The maximum absolute atomic E-state index is 7.01. The average molecular weight is 680 g/mol. The minimum atomic E-state index is -0.275. The summed E-state index contributed by atoms with van der Waals surface area (Å²) in [5.41, 5.74) is 14.0. The maximum Gasteiger partial charge on any atom is 0.260 e. The number of rotatable bonds is 4. The van der Waals surface area contributed by atoms with Crippen molar-refractivity contribution in [1.82, 2.24) is 0 Å². The predicted molar refractivity (Wildman–Crippen MR) is 219 cm³/mol. The molecule has 0 spiro atoms. The molecule has 0 aromatic heterocycles. The second-order valence-corrected chi connectivity index (χ2v) is 14.9. The smallest absolute Gasteiger partial charge is 0.260 e. The second kappa shape index (κ2) is 11.2. The molecule has 0 unspecified atom stereocenters. The fourth-order valence-corrected chi connectivity index (χ4v) is 9.06. The number of fused-ring (bicyclic) bond motifs is 9. The molecule has 0 bridgehead atoms. The molecule has 3 aliphatic rings. The van der Waals surface area contributed by atoms with Crippen molar-refractivity contribution in [1.29, 1.82) is 0 Å². The van der Waals surface area contributed by atoms with Crippen molar-refractivity contribution in [2.24, 2.45) is 0 Å². The Balaban J connectivity index is 1.15. The summed E-state index contributed by atoms with van der Waals surface area (Å²) < 4.78 is 13.7. The molecule has 2 heterocycles. The van der Waals surface area contributed by atoms with Gasteiger partial charge in [0, 0.05) is 27.6 Å². The third kappa shape index (κ3) is 4.42. The van der Waals surface area contributed by atoms with Gasteiger partial charge in [0.15, 0.2) is 0 Å². The number of anilines is 3. The van der Waals surface area contributed by atoms with Crippen LogP contribution in [-0.4, -0.2) is 6.71 Å². The zero-order valence-corrected chi connectivity index (χ0v) is 29.5. The van der Waals surface area contributed by atoms with Crippen LogP contribution < -0.4 is 30.8 Å². The average Bonchev–Trinajstić information content (AvgIpc) is 3.43. The minimum absolute atomic E-state index is 0.0118. The summed E-state index contributed by atoms with van der Waals surface area (Å²) in [6, 6.07) is 60.8. The number of benzene rings is 8. The van der Waals surface area contributed by atoms with E-state index in [-0.39, 0.29) is 12.1 Å². The van der Waals surface area contributed by atoms with E-state index in [1.807, 2.05) is 0 Å². The van der Waals surface area contributed by atoms with Crippen LogP contribution in [0.3, 0.4) is 0 Å². The molecule has 0 N–H and O–H groups in total. The normalized spacial score (nSPS) is 13.9. The van der Waals surface area contributed by atoms with Gasteiger partial charge in [-0.15, -0.1) is 0 Å². The second-order valence-electron chi connectivity index (χ2n) is 14.9. The Hall–Kier alpha value is -6.52. The summed E-state index contributed by atoms with van der Waals surface area (Å²) in [6.07, 6.45) is 0. The lowest BCUT2D eigenvalue weighted by molar-refractivity contribution is 0.465. The Morgan fingerprint density at radius 1 is 0.472 bits per heavy atom. The predicted octanol–water partition coefficient (Wildman–Crippen LogP) is 11.0. The van der Waals surface area contributed by atoms with Crippen LogP contribution in [0.2, 0.25) is 0 Å². The first-order valence-electron chi connectivity index (χ1n) is 18.4. The van der Waals surface area contributed by atoms with Crippen LogP contribution in [-0.2, 0) is 5.41 Å². The lowest BCUT2D eigenvalue weighted by Gasteiger charge is -2.34. The molecule has 8 aromatic rings. The summed E-state index contributed by atoms with van der Waals surface area (Å²) in [5.74, 6) is 3.51. The SMILES string of the molecule is CC1(C)c2cc3c(cc2-c2c1cc(N(c1ccccc1)c1ccccc1)c1ccccc21)Oc1cc(-c2ccccc2)cc2c1B3c1ccccc1O2. The van der Waals surface area contributed by atoms with Gasteiger partial charge in [0.2, 0.25) is 0 Å². The van der Waals surface area contributed by atoms with Crippen molar-refractivity contribution >= 4 is 50.9 Å². The van der Waals surface area contributed by atoms with E-state index in [0.717, 1.165) is 51.0 Å². The van der Waals surface area contributed by atoms with Gasteiger partial charge in [-0.1, -0.05) is 129 Å². The maximum atomic E-state index is 7.01. The fourth-order valence-electron chi connectivity index (χ4n) is 9.06. The van der Waals surface area contributed by atoms with Gasteiger partial charge in [0.1, 0.15) is 23.0 Å². The number of hydrogen-bond acceptors (Lipinski definition) is 3. The van der Waals surface area contributed by atoms with Crippen LogP contribution in [0.15, 0.2) is 170 Å².